The minimum Gasteiger partial charge on any atom is -0.248 e. The molecule has 0 bridgehead atoms. The van der Waals surface area contributed by atoms with Gasteiger partial charge in [-0.05, 0) is 80.5 Å². The van der Waals surface area contributed by atoms with Gasteiger partial charge in [0.25, 0.3) is 10.1 Å². The Morgan fingerprint density at radius 3 is 2.38 bits per heavy atom. The van der Waals surface area contributed by atoms with Crippen molar-refractivity contribution in [1.82, 2.24) is 0 Å². The van der Waals surface area contributed by atoms with E-state index in [1.807, 2.05) is 0 Å². The van der Waals surface area contributed by atoms with E-state index in [0.29, 0.717) is 23.7 Å². The van der Waals surface area contributed by atoms with Crippen molar-refractivity contribution in [2.24, 2.45) is 34.5 Å². The highest BCUT2D eigenvalue weighted by Crippen LogP contribution is 2.68. The first-order valence-corrected chi connectivity index (χ1v) is 12.3. The summed E-state index contributed by atoms with van der Waals surface area (Å²) >= 11 is 0. The van der Waals surface area contributed by atoms with Gasteiger partial charge >= 0.3 is 0 Å². The molecule has 0 spiro atoms. The number of nitriles is 1. The molecule has 0 aliphatic heterocycles. The maximum Gasteiger partial charge on any atom is 0.265 e. The van der Waals surface area contributed by atoms with Crippen LogP contribution in [0.3, 0.4) is 0 Å². The average Bonchev–Trinajstić information content (AvgIpc) is 2.86. The fourth-order valence-electron chi connectivity index (χ4n) is 7.89. The molecule has 0 saturated heterocycles. The number of fused-ring (bicyclic) bond motifs is 5. The molecule has 7 unspecified atom stereocenters. The Bertz CT molecular complexity index is 728. The minimum absolute atomic E-state index is 0.343. The monoisotopic (exact) mass is 379 g/mol. The fourth-order valence-corrected chi connectivity index (χ4v) is 8.72. The Balaban J connectivity index is 1.67. The summed E-state index contributed by atoms with van der Waals surface area (Å²) in [5.74, 6) is 2.66. The minimum atomic E-state index is -3.65. The average molecular weight is 380 g/mol. The second-order valence-electron chi connectivity index (χ2n) is 10.1. The Hall–Kier alpha value is -0.600. The zero-order chi connectivity index (χ0) is 18.8. The molecule has 0 aromatic carbocycles. The third kappa shape index (κ3) is 2.51. The molecule has 4 nitrogen and oxygen atoms in total. The predicted octanol–water partition coefficient (Wildman–Crippen LogP) is 4.66. The van der Waals surface area contributed by atoms with Crippen LogP contribution in [-0.4, -0.2) is 20.3 Å². The van der Waals surface area contributed by atoms with Gasteiger partial charge in [0.2, 0.25) is 0 Å². The summed E-state index contributed by atoms with van der Waals surface area (Å²) in [6.45, 7) is 4.68. The first-order chi connectivity index (χ1) is 12.2. The summed E-state index contributed by atoms with van der Waals surface area (Å²) in [5.41, 5.74) is -1.05. The third-order valence-electron chi connectivity index (χ3n) is 9.18. The molecular weight excluding hydrogens is 346 g/mol. The van der Waals surface area contributed by atoms with E-state index in [9.17, 15) is 13.7 Å². The van der Waals surface area contributed by atoms with E-state index in [1.165, 1.54) is 38.5 Å². The molecule has 5 heteroatoms. The normalized spacial score (nSPS) is 51.0. The summed E-state index contributed by atoms with van der Waals surface area (Å²) in [4.78, 5) is 0. The van der Waals surface area contributed by atoms with Crippen LogP contribution in [0.25, 0.3) is 0 Å². The van der Waals surface area contributed by atoms with Crippen molar-refractivity contribution in [3.8, 4) is 6.07 Å². The maximum atomic E-state index is 11.9. The van der Waals surface area contributed by atoms with Gasteiger partial charge in [-0.2, -0.15) is 13.7 Å². The van der Waals surface area contributed by atoms with Gasteiger partial charge in [-0.15, -0.1) is 0 Å². The standard InChI is InChI=1S/C21H33NO3S/c1-19-11-5-4-6-15(19)7-8-16-17(19)9-12-20(2)18(16)10-13-21(20,14-22)25-26(3,23)24/h15-18H,4-13H2,1-3H3. The van der Waals surface area contributed by atoms with E-state index in [0.717, 1.165) is 37.4 Å². The van der Waals surface area contributed by atoms with E-state index in [1.54, 1.807) is 0 Å². The van der Waals surface area contributed by atoms with E-state index in [2.05, 4.69) is 19.9 Å². The number of hydrogen-bond donors (Lipinski definition) is 0. The van der Waals surface area contributed by atoms with Gasteiger partial charge in [-0.25, -0.2) is 4.18 Å². The molecule has 4 saturated carbocycles. The molecule has 0 aromatic heterocycles. The maximum absolute atomic E-state index is 11.9. The highest BCUT2D eigenvalue weighted by molar-refractivity contribution is 7.86. The third-order valence-corrected chi connectivity index (χ3v) is 9.76. The molecule has 0 heterocycles. The molecule has 4 fully saturated rings. The Kier molecular flexibility index (Phi) is 4.29. The molecule has 0 aromatic rings. The lowest BCUT2D eigenvalue weighted by Crippen LogP contribution is -2.56. The molecule has 26 heavy (non-hydrogen) atoms. The molecule has 0 amide bonds. The highest BCUT2D eigenvalue weighted by atomic mass is 32.2. The van der Waals surface area contributed by atoms with Crippen molar-refractivity contribution in [2.75, 3.05) is 6.26 Å². The first-order valence-electron chi connectivity index (χ1n) is 10.5. The highest BCUT2D eigenvalue weighted by Gasteiger charge is 2.66. The van der Waals surface area contributed by atoms with Crippen molar-refractivity contribution in [1.29, 1.82) is 5.26 Å². The number of rotatable bonds is 2. The molecule has 0 N–H and O–H groups in total. The van der Waals surface area contributed by atoms with E-state index in [4.69, 9.17) is 4.18 Å². The van der Waals surface area contributed by atoms with Crippen molar-refractivity contribution >= 4 is 10.1 Å². The van der Waals surface area contributed by atoms with Crippen LogP contribution in [0.4, 0.5) is 0 Å². The molecule has 4 aliphatic rings. The molecule has 0 radical (unpaired) electrons. The van der Waals surface area contributed by atoms with Gasteiger partial charge in [0.05, 0.1) is 12.3 Å². The summed E-state index contributed by atoms with van der Waals surface area (Å²) < 4.78 is 29.4. The number of nitrogens with zero attached hydrogens (tertiary/aromatic N) is 1. The lowest BCUT2D eigenvalue weighted by atomic mass is 9.44. The molecule has 7 atom stereocenters. The topological polar surface area (TPSA) is 67.2 Å². The van der Waals surface area contributed by atoms with Gasteiger partial charge in [0.15, 0.2) is 5.60 Å². The SMILES string of the molecule is CC12CCCCC1CCC1C2CCC2(C)C1CCC2(C#N)OS(C)(=O)=O. The van der Waals surface area contributed by atoms with Crippen LogP contribution in [0.15, 0.2) is 0 Å². The lowest BCUT2D eigenvalue weighted by Gasteiger charge is -2.60. The van der Waals surface area contributed by atoms with Crippen LogP contribution < -0.4 is 0 Å². The van der Waals surface area contributed by atoms with Crippen LogP contribution in [0, 0.1) is 45.8 Å². The zero-order valence-electron chi connectivity index (χ0n) is 16.5. The zero-order valence-corrected chi connectivity index (χ0v) is 17.3. The number of hydrogen-bond acceptors (Lipinski definition) is 4. The van der Waals surface area contributed by atoms with Gasteiger partial charge < -0.3 is 0 Å². The van der Waals surface area contributed by atoms with Gasteiger partial charge in [0, 0.05) is 5.41 Å². The van der Waals surface area contributed by atoms with Crippen LogP contribution >= 0.6 is 0 Å². The molecule has 146 valence electrons. The largest absolute Gasteiger partial charge is 0.265 e. The first kappa shape index (κ1) is 18.7. The Morgan fingerprint density at radius 1 is 0.962 bits per heavy atom. The Morgan fingerprint density at radius 2 is 1.69 bits per heavy atom. The summed E-state index contributed by atoms with van der Waals surface area (Å²) in [6, 6.07) is 2.33. The second kappa shape index (κ2) is 5.95. The molecule has 4 aliphatic carbocycles. The molecule has 4 rings (SSSR count). The van der Waals surface area contributed by atoms with Crippen molar-refractivity contribution in [2.45, 2.75) is 83.7 Å². The van der Waals surface area contributed by atoms with Crippen LogP contribution in [0.1, 0.15) is 78.1 Å². The molecular formula is C21H33NO3S. The van der Waals surface area contributed by atoms with Gasteiger partial charge in [0.1, 0.15) is 0 Å². The van der Waals surface area contributed by atoms with Gasteiger partial charge in [-0.3, -0.25) is 0 Å². The van der Waals surface area contributed by atoms with Crippen LogP contribution in [0.5, 0.6) is 0 Å². The summed E-state index contributed by atoms with van der Waals surface area (Å²) in [5, 5.41) is 9.98. The lowest BCUT2D eigenvalue weighted by molar-refractivity contribution is -0.128. The van der Waals surface area contributed by atoms with Crippen molar-refractivity contribution in [3.63, 3.8) is 0 Å². The van der Waals surface area contributed by atoms with E-state index >= 15 is 0 Å². The van der Waals surface area contributed by atoms with Crippen molar-refractivity contribution < 1.29 is 12.6 Å². The summed E-state index contributed by atoms with van der Waals surface area (Å²) in [7, 11) is -3.65. The van der Waals surface area contributed by atoms with E-state index < -0.39 is 15.7 Å². The predicted molar refractivity (Wildman–Crippen MR) is 101 cm³/mol. The van der Waals surface area contributed by atoms with E-state index in [-0.39, 0.29) is 5.41 Å². The summed E-state index contributed by atoms with van der Waals surface area (Å²) in [6.07, 6.45) is 12.7. The van der Waals surface area contributed by atoms with Crippen molar-refractivity contribution in [3.05, 3.63) is 0 Å². The fraction of sp³-hybridized carbons (Fsp3) is 0.952. The smallest absolute Gasteiger partial charge is 0.248 e. The quantitative estimate of drug-likeness (QED) is 0.655. The Labute approximate surface area is 158 Å². The van der Waals surface area contributed by atoms with Gasteiger partial charge in [-0.1, -0.05) is 26.7 Å². The van der Waals surface area contributed by atoms with Crippen LogP contribution in [-0.2, 0) is 14.3 Å². The second-order valence-corrected chi connectivity index (χ2v) is 11.7. The van der Waals surface area contributed by atoms with Crippen LogP contribution in [0.2, 0.25) is 0 Å².